The minimum absolute atomic E-state index is 0.109. The van der Waals surface area contributed by atoms with E-state index in [-0.39, 0.29) is 24.4 Å². The molecule has 6 heteroatoms. The highest BCUT2D eigenvalue weighted by molar-refractivity contribution is 5.86. The fourth-order valence-corrected chi connectivity index (χ4v) is 3.95. The van der Waals surface area contributed by atoms with Crippen molar-refractivity contribution in [3.63, 3.8) is 0 Å². The van der Waals surface area contributed by atoms with Gasteiger partial charge < -0.3 is 20.3 Å². The standard InChI is InChI=1S/C26H27N3O3/c1-27-26(31)24-17-29(22-14-8-9-15-23(22)32-24)18-25(30)28-21(20-12-6-3-7-13-20)16-19-10-4-2-5-11-19/h2-15,21,24H,16-18H2,1H3,(H,27,31)(H,28,30). The average molecular weight is 430 g/mol. The van der Waals surface area contributed by atoms with E-state index in [4.69, 9.17) is 4.74 Å². The summed E-state index contributed by atoms with van der Waals surface area (Å²) in [4.78, 5) is 27.3. The van der Waals surface area contributed by atoms with Crippen LogP contribution in [0.4, 0.5) is 5.69 Å². The first kappa shape index (κ1) is 21.4. The molecule has 2 atom stereocenters. The predicted octanol–water partition coefficient (Wildman–Crippen LogP) is 3.10. The quantitative estimate of drug-likeness (QED) is 0.606. The van der Waals surface area contributed by atoms with Crippen LogP contribution in [0.2, 0.25) is 0 Å². The van der Waals surface area contributed by atoms with E-state index in [9.17, 15) is 9.59 Å². The van der Waals surface area contributed by atoms with E-state index in [2.05, 4.69) is 22.8 Å². The van der Waals surface area contributed by atoms with Gasteiger partial charge >= 0.3 is 0 Å². The predicted molar refractivity (Wildman–Crippen MR) is 125 cm³/mol. The van der Waals surface area contributed by atoms with Gasteiger partial charge in [-0.25, -0.2) is 0 Å². The summed E-state index contributed by atoms with van der Waals surface area (Å²) in [5.41, 5.74) is 3.01. The first-order chi connectivity index (χ1) is 15.6. The highest BCUT2D eigenvalue weighted by Gasteiger charge is 2.31. The van der Waals surface area contributed by atoms with Crippen LogP contribution in [-0.2, 0) is 16.0 Å². The Kier molecular flexibility index (Phi) is 6.70. The Morgan fingerprint density at radius 2 is 1.62 bits per heavy atom. The molecule has 3 aromatic rings. The van der Waals surface area contributed by atoms with Gasteiger partial charge in [-0.3, -0.25) is 9.59 Å². The zero-order valence-electron chi connectivity index (χ0n) is 18.0. The van der Waals surface area contributed by atoms with Gasteiger partial charge in [-0.2, -0.15) is 0 Å². The molecule has 3 aromatic carbocycles. The molecule has 4 rings (SSSR count). The molecular formula is C26H27N3O3. The van der Waals surface area contributed by atoms with E-state index in [0.29, 0.717) is 18.7 Å². The molecule has 2 unspecified atom stereocenters. The second-order valence-electron chi connectivity index (χ2n) is 7.79. The van der Waals surface area contributed by atoms with E-state index in [1.165, 1.54) is 0 Å². The Balaban J connectivity index is 1.51. The molecule has 0 saturated heterocycles. The van der Waals surface area contributed by atoms with Crippen molar-refractivity contribution in [2.75, 3.05) is 25.0 Å². The summed E-state index contributed by atoms with van der Waals surface area (Å²) >= 11 is 0. The summed E-state index contributed by atoms with van der Waals surface area (Å²) in [6.45, 7) is 0.435. The average Bonchev–Trinajstić information content (AvgIpc) is 2.84. The highest BCUT2D eigenvalue weighted by atomic mass is 16.5. The first-order valence-corrected chi connectivity index (χ1v) is 10.7. The van der Waals surface area contributed by atoms with Crippen molar-refractivity contribution >= 4 is 17.5 Å². The molecule has 0 aliphatic carbocycles. The smallest absolute Gasteiger partial charge is 0.262 e. The van der Waals surface area contributed by atoms with Crippen LogP contribution < -0.4 is 20.3 Å². The minimum Gasteiger partial charge on any atom is -0.477 e. The zero-order valence-corrected chi connectivity index (χ0v) is 18.0. The highest BCUT2D eigenvalue weighted by Crippen LogP contribution is 2.33. The fraction of sp³-hybridized carbons (Fsp3) is 0.231. The van der Waals surface area contributed by atoms with Gasteiger partial charge in [-0.15, -0.1) is 0 Å². The van der Waals surface area contributed by atoms with Gasteiger partial charge in [0.1, 0.15) is 5.75 Å². The molecule has 1 heterocycles. The number of benzene rings is 3. The number of likely N-dealkylation sites (N-methyl/N-ethyl adjacent to an activating group) is 1. The van der Waals surface area contributed by atoms with Gasteiger partial charge in [0, 0.05) is 7.05 Å². The zero-order chi connectivity index (χ0) is 22.3. The molecule has 164 valence electrons. The Morgan fingerprint density at radius 1 is 0.969 bits per heavy atom. The van der Waals surface area contributed by atoms with E-state index in [1.807, 2.05) is 77.7 Å². The normalized spacial score (nSPS) is 15.8. The van der Waals surface area contributed by atoms with Crippen LogP contribution >= 0.6 is 0 Å². The van der Waals surface area contributed by atoms with Crippen molar-refractivity contribution < 1.29 is 14.3 Å². The summed E-state index contributed by atoms with van der Waals surface area (Å²) < 4.78 is 5.84. The van der Waals surface area contributed by atoms with Crippen LogP contribution in [0, 0.1) is 0 Å². The molecule has 1 aliphatic heterocycles. The monoisotopic (exact) mass is 429 g/mol. The topological polar surface area (TPSA) is 70.7 Å². The number of hydrogen-bond donors (Lipinski definition) is 2. The number of nitrogens with zero attached hydrogens (tertiary/aromatic N) is 1. The summed E-state index contributed by atoms with van der Waals surface area (Å²) in [6, 6.07) is 27.4. The molecule has 6 nitrogen and oxygen atoms in total. The Morgan fingerprint density at radius 3 is 2.34 bits per heavy atom. The van der Waals surface area contributed by atoms with Crippen molar-refractivity contribution in [1.29, 1.82) is 0 Å². The number of amides is 2. The second-order valence-corrected chi connectivity index (χ2v) is 7.79. The van der Waals surface area contributed by atoms with Gasteiger partial charge in [0.2, 0.25) is 5.91 Å². The van der Waals surface area contributed by atoms with Crippen LogP contribution in [0.15, 0.2) is 84.9 Å². The van der Waals surface area contributed by atoms with E-state index in [0.717, 1.165) is 16.8 Å². The number of rotatable bonds is 7. The summed E-state index contributed by atoms with van der Waals surface area (Å²) in [6.07, 6.45) is 0.0221. The molecule has 1 aliphatic rings. The third-order valence-corrected chi connectivity index (χ3v) is 5.55. The van der Waals surface area contributed by atoms with Crippen molar-refractivity contribution in [3.8, 4) is 5.75 Å². The van der Waals surface area contributed by atoms with E-state index < -0.39 is 6.10 Å². The number of nitrogens with one attached hydrogen (secondary N) is 2. The SMILES string of the molecule is CNC(=O)C1CN(CC(=O)NC(Cc2ccccc2)c2ccccc2)c2ccccc2O1. The number of ether oxygens (including phenoxy) is 1. The maximum Gasteiger partial charge on any atom is 0.262 e. The first-order valence-electron chi connectivity index (χ1n) is 10.7. The maximum atomic E-state index is 13.1. The minimum atomic E-state index is -0.670. The number of para-hydroxylation sites is 2. The Labute approximate surface area is 188 Å². The van der Waals surface area contributed by atoms with Gasteiger partial charge in [-0.05, 0) is 29.7 Å². The van der Waals surface area contributed by atoms with Crippen LogP contribution in [0.25, 0.3) is 0 Å². The van der Waals surface area contributed by atoms with Crippen molar-refractivity contribution in [3.05, 3.63) is 96.1 Å². The van der Waals surface area contributed by atoms with Gasteiger partial charge in [0.15, 0.2) is 6.10 Å². The van der Waals surface area contributed by atoms with E-state index >= 15 is 0 Å². The van der Waals surface area contributed by atoms with Gasteiger partial charge in [0.05, 0.1) is 24.8 Å². The van der Waals surface area contributed by atoms with Gasteiger partial charge in [-0.1, -0.05) is 72.8 Å². The lowest BCUT2D eigenvalue weighted by Gasteiger charge is -2.35. The molecule has 32 heavy (non-hydrogen) atoms. The largest absolute Gasteiger partial charge is 0.477 e. The lowest BCUT2D eigenvalue weighted by molar-refractivity contribution is -0.127. The van der Waals surface area contributed by atoms with Crippen molar-refractivity contribution in [2.24, 2.45) is 0 Å². The molecule has 2 amide bonds. The molecule has 0 spiro atoms. The number of anilines is 1. The second kappa shape index (κ2) is 10.0. The van der Waals surface area contributed by atoms with E-state index in [1.54, 1.807) is 7.05 Å². The number of hydrogen-bond acceptors (Lipinski definition) is 4. The molecule has 2 N–H and O–H groups in total. The molecule has 0 radical (unpaired) electrons. The number of carbonyl (C=O) groups is 2. The molecular weight excluding hydrogens is 402 g/mol. The lowest BCUT2D eigenvalue weighted by Crippen LogP contribution is -2.51. The van der Waals surface area contributed by atoms with Crippen LogP contribution in [0.5, 0.6) is 5.75 Å². The van der Waals surface area contributed by atoms with Crippen LogP contribution in [0.1, 0.15) is 17.2 Å². The van der Waals surface area contributed by atoms with Crippen molar-refractivity contribution in [2.45, 2.75) is 18.6 Å². The molecule has 0 bridgehead atoms. The van der Waals surface area contributed by atoms with Gasteiger partial charge in [0.25, 0.3) is 5.91 Å². The Bertz CT molecular complexity index is 1060. The maximum absolute atomic E-state index is 13.1. The van der Waals surface area contributed by atoms with Crippen molar-refractivity contribution in [1.82, 2.24) is 10.6 Å². The molecule has 0 aromatic heterocycles. The molecule has 0 fully saturated rings. The van der Waals surface area contributed by atoms with Crippen LogP contribution in [-0.4, -0.2) is 38.1 Å². The third-order valence-electron chi connectivity index (χ3n) is 5.55. The number of fused-ring (bicyclic) bond motifs is 1. The summed E-state index contributed by atoms with van der Waals surface area (Å²) in [7, 11) is 1.58. The molecule has 0 saturated carbocycles. The fourth-order valence-electron chi connectivity index (χ4n) is 3.95. The summed E-state index contributed by atoms with van der Waals surface area (Å²) in [5, 5.41) is 5.83. The third kappa shape index (κ3) is 5.09. The lowest BCUT2D eigenvalue weighted by atomic mass is 9.99. The van der Waals surface area contributed by atoms with Crippen LogP contribution in [0.3, 0.4) is 0 Å². The Hall–Kier alpha value is -3.80. The summed E-state index contributed by atoms with van der Waals surface area (Å²) in [5.74, 6) is 0.280. The number of carbonyl (C=O) groups excluding carboxylic acids is 2.